The highest BCUT2D eigenvalue weighted by Gasteiger charge is 2.28. The fraction of sp³-hybridized carbons (Fsp3) is 0.160. The summed E-state index contributed by atoms with van der Waals surface area (Å²) in [6.45, 7) is 6.34. The molecule has 5 heteroatoms. The summed E-state index contributed by atoms with van der Waals surface area (Å²) < 4.78 is 11.2. The van der Waals surface area contributed by atoms with Crippen molar-refractivity contribution in [2.24, 2.45) is 0 Å². The predicted molar refractivity (Wildman–Crippen MR) is 114 cm³/mol. The number of hydrogen-bond acceptors (Lipinski definition) is 5. The van der Waals surface area contributed by atoms with E-state index in [1.165, 1.54) is 0 Å². The van der Waals surface area contributed by atoms with Gasteiger partial charge >= 0.3 is 5.97 Å². The van der Waals surface area contributed by atoms with E-state index in [9.17, 15) is 9.59 Å². The maximum Gasteiger partial charge on any atom is 0.343 e. The molecule has 0 spiro atoms. The van der Waals surface area contributed by atoms with Gasteiger partial charge < -0.3 is 9.47 Å². The van der Waals surface area contributed by atoms with Crippen molar-refractivity contribution in [3.05, 3.63) is 95.0 Å². The molecule has 1 aromatic heterocycles. The largest absolute Gasteiger partial charge is 0.452 e. The fourth-order valence-corrected chi connectivity index (χ4v) is 3.12. The Labute approximate surface area is 175 Å². The molecule has 0 amide bonds. The molecule has 1 aliphatic rings. The summed E-state index contributed by atoms with van der Waals surface area (Å²) in [5, 5.41) is 0. The topological polar surface area (TPSA) is 65.5 Å². The zero-order valence-corrected chi connectivity index (χ0v) is 17.0. The van der Waals surface area contributed by atoms with Crippen molar-refractivity contribution in [1.29, 1.82) is 0 Å². The Morgan fingerprint density at radius 3 is 2.50 bits per heavy atom. The summed E-state index contributed by atoms with van der Waals surface area (Å²) in [7, 11) is 0. The number of carbonyl (C=O) groups is 2. The molecule has 150 valence electrons. The number of hydrogen-bond donors (Lipinski definition) is 0. The average molecular weight is 399 g/mol. The minimum Gasteiger partial charge on any atom is -0.452 e. The van der Waals surface area contributed by atoms with Crippen LogP contribution in [0.25, 0.3) is 6.08 Å². The van der Waals surface area contributed by atoms with Gasteiger partial charge in [-0.1, -0.05) is 39.0 Å². The normalized spacial score (nSPS) is 14.4. The van der Waals surface area contributed by atoms with Crippen LogP contribution in [0.2, 0.25) is 0 Å². The standard InChI is InChI=1S/C25H21NO4/c1-25(2,3)18-8-6-17(7-9-18)24(28)29-19-10-11-20-21(14-19)30-22(23(20)27)13-16-5-4-12-26-15-16/h4-15H,1-3H3/b22-13-. The van der Waals surface area contributed by atoms with Gasteiger partial charge in [-0.3, -0.25) is 9.78 Å². The van der Waals surface area contributed by atoms with Gasteiger partial charge in [0.25, 0.3) is 0 Å². The van der Waals surface area contributed by atoms with Crippen molar-refractivity contribution in [1.82, 2.24) is 4.98 Å². The average Bonchev–Trinajstić information content (AvgIpc) is 3.03. The molecular weight excluding hydrogens is 378 g/mol. The molecule has 2 aromatic carbocycles. The first-order chi connectivity index (χ1) is 14.3. The third kappa shape index (κ3) is 4.01. The van der Waals surface area contributed by atoms with E-state index >= 15 is 0 Å². The lowest BCUT2D eigenvalue weighted by Gasteiger charge is -2.18. The van der Waals surface area contributed by atoms with E-state index in [0.29, 0.717) is 22.6 Å². The molecule has 1 aliphatic heterocycles. The zero-order chi connectivity index (χ0) is 21.3. The molecule has 0 atom stereocenters. The molecular formula is C25H21NO4. The highest BCUT2D eigenvalue weighted by molar-refractivity contribution is 6.14. The van der Waals surface area contributed by atoms with Crippen LogP contribution in [0.3, 0.4) is 0 Å². The minimum absolute atomic E-state index is 0.00727. The van der Waals surface area contributed by atoms with Crippen molar-refractivity contribution in [2.45, 2.75) is 26.2 Å². The van der Waals surface area contributed by atoms with Crippen LogP contribution in [-0.4, -0.2) is 16.7 Å². The lowest BCUT2D eigenvalue weighted by molar-refractivity contribution is 0.0734. The Morgan fingerprint density at radius 1 is 1.07 bits per heavy atom. The Bertz CT molecular complexity index is 1140. The summed E-state index contributed by atoms with van der Waals surface area (Å²) in [5.74, 6) is 0.201. The van der Waals surface area contributed by atoms with Crippen LogP contribution in [0.15, 0.2) is 72.8 Å². The number of benzene rings is 2. The fourth-order valence-electron chi connectivity index (χ4n) is 3.12. The second-order valence-electron chi connectivity index (χ2n) is 8.10. The lowest BCUT2D eigenvalue weighted by Crippen LogP contribution is -2.12. The maximum atomic E-state index is 12.5. The van der Waals surface area contributed by atoms with Crippen LogP contribution >= 0.6 is 0 Å². The van der Waals surface area contributed by atoms with Gasteiger partial charge in [0.15, 0.2) is 5.76 Å². The van der Waals surface area contributed by atoms with Crippen LogP contribution in [0.4, 0.5) is 0 Å². The zero-order valence-electron chi connectivity index (χ0n) is 17.0. The van der Waals surface area contributed by atoms with Crippen molar-refractivity contribution >= 4 is 17.8 Å². The molecule has 0 saturated heterocycles. The van der Waals surface area contributed by atoms with E-state index in [1.54, 1.807) is 54.9 Å². The highest BCUT2D eigenvalue weighted by atomic mass is 16.5. The van der Waals surface area contributed by atoms with Gasteiger partial charge in [-0.2, -0.15) is 0 Å². The van der Waals surface area contributed by atoms with Gasteiger partial charge in [-0.15, -0.1) is 0 Å². The van der Waals surface area contributed by atoms with Crippen LogP contribution in [0, 0.1) is 0 Å². The second-order valence-corrected chi connectivity index (χ2v) is 8.10. The summed E-state index contributed by atoms with van der Waals surface area (Å²) in [6.07, 6.45) is 4.94. The first kappa shape index (κ1) is 19.6. The molecule has 0 N–H and O–H groups in total. The van der Waals surface area contributed by atoms with Gasteiger partial charge in [0.05, 0.1) is 11.1 Å². The number of allylic oxidation sites excluding steroid dienone is 1. The number of ketones is 1. The van der Waals surface area contributed by atoms with Gasteiger partial charge in [-0.05, 0) is 52.9 Å². The number of rotatable bonds is 3. The first-order valence-corrected chi connectivity index (χ1v) is 9.62. The molecule has 3 aromatic rings. The second kappa shape index (κ2) is 7.59. The molecule has 2 heterocycles. The van der Waals surface area contributed by atoms with Gasteiger partial charge in [0.2, 0.25) is 5.78 Å². The minimum atomic E-state index is -0.467. The monoisotopic (exact) mass is 399 g/mol. The molecule has 0 fully saturated rings. The maximum absolute atomic E-state index is 12.5. The van der Waals surface area contributed by atoms with Crippen LogP contribution in [0.5, 0.6) is 11.5 Å². The van der Waals surface area contributed by atoms with Crippen molar-refractivity contribution in [3.63, 3.8) is 0 Å². The van der Waals surface area contributed by atoms with E-state index in [1.807, 2.05) is 18.2 Å². The van der Waals surface area contributed by atoms with Crippen LogP contribution in [-0.2, 0) is 5.41 Å². The summed E-state index contributed by atoms with van der Waals surface area (Å²) in [4.78, 5) is 29.1. The number of ether oxygens (including phenoxy) is 2. The molecule has 5 nitrogen and oxygen atoms in total. The Hall–Kier alpha value is -3.73. The smallest absolute Gasteiger partial charge is 0.343 e. The molecule has 30 heavy (non-hydrogen) atoms. The van der Waals surface area contributed by atoms with Gasteiger partial charge in [0.1, 0.15) is 11.5 Å². The van der Waals surface area contributed by atoms with E-state index < -0.39 is 5.97 Å². The van der Waals surface area contributed by atoms with Crippen LogP contribution < -0.4 is 9.47 Å². The quantitative estimate of drug-likeness (QED) is 0.343. The third-order valence-electron chi connectivity index (χ3n) is 4.82. The van der Waals surface area contributed by atoms with Crippen LogP contribution in [0.1, 0.15) is 52.6 Å². The lowest BCUT2D eigenvalue weighted by atomic mass is 9.87. The SMILES string of the molecule is CC(C)(C)c1ccc(C(=O)Oc2ccc3c(c2)O/C(=C\c2cccnc2)C3=O)cc1. The number of Topliss-reactive ketones (excluding diaryl/α,β-unsaturated/α-hetero) is 1. The first-order valence-electron chi connectivity index (χ1n) is 9.62. The summed E-state index contributed by atoms with van der Waals surface area (Å²) >= 11 is 0. The van der Waals surface area contributed by atoms with E-state index in [2.05, 4.69) is 25.8 Å². The Balaban J connectivity index is 1.51. The number of aromatic nitrogens is 1. The molecule has 0 saturated carbocycles. The van der Waals surface area contributed by atoms with Gasteiger partial charge in [-0.25, -0.2) is 4.79 Å². The summed E-state index contributed by atoms with van der Waals surface area (Å²) in [6, 6.07) is 15.7. The van der Waals surface area contributed by atoms with Crippen molar-refractivity contribution in [2.75, 3.05) is 0 Å². The molecule has 0 aliphatic carbocycles. The van der Waals surface area contributed by atoms with E-state index in [0.717, 1.165) is 11.1 Å². The molecule has 0 radical (unpaired) electrons. The number of fused-ring (bicyclic) bond motifs is 1. The van der Waals surface area contributed by atoms with Gasteiger partial charge in [0, 0.05) is 18.5 Å². The van der Waals surface area contributed by atoms with E-state index in [-0.39, 0.29) is 17.0 Å². The number of nitrogens with zero attached hydrogens (tertiary/aromatic N) is 1. The number of pyridine rings is 1. The summed E-state index contributed by atoms with van der Waals surface area (Å²) in [5.41, 5.74) is 2.79. The molecule has 4 rings (SSSR count). The van der Waals surface area contributed by atoms with Crippen molar-refractivity contribution < 1.29 is 19.1 Å². The third-order valence-corrected chi connectivity index (χ3v) is 4.82. The predicted octanol–water partition coefficient (Wildman–Crippen LogP) is 5.21. The molecule has 0 unspecified atom stereocenters. The Kier molecular flexibility index (Phi) is 4.96. The number of esters is 1. The highest BCUT2D eigenvalue weighted by Crippen LogP contribution is 2.35. The number of carbonyl (C=O) groups excluding carboxylic acids is 2. The van der Waals surface area contributed by atoms with E-state index in [4.69, 9.17) is 9.47 Å². The van der Waals surface area contributed by atoms with Crippen molar-refractivity contribution in [3.8, 4) is 11.5 Å². The molecule has 0 bridgehead atoms. The Morgan fingerprint density at radius 2 is 1.83 bits per heavy atom.